The van der Waals surface area contributed by atoms with Crippen molar-refractivity contribution in [1.29, 1.82) is 0 Å². The van der Waals surface area contributed by atoms with Gasteiger partial charge in [0.1, 0.15) is 207 Å². The van der Waals surface area contributed by atoms with Gasteiger partial charge in [-0.1, -0.05) is 5.21 Å². The van der Waals surface area contributed by atoms with Crippen molar-refractivity contribution in [1.82, 2.24) is 19.9 Å². The second kappa shape index (κ2) is 44.3. The summed E-state index contributed by atoms with van der Waals surface area (Å²) in [6.07, 6.45) is -85.4. The van der Waals surface area contributed by atoms with Gasteiger partial charge < -0.3 is 231 Å². The second-order valence-corrected chi connectivity index (χ2v) is 46.8. The second-order valence-electron chi connectivity index (χ2n) is 33.9. The first-order valence-corrected chi connectivity index (χ1v) is 49.6. The molecule has 0 saturated carbocycles. The maximum atomic E-state index is 13.5. The minimum absolute atomic E-state index is 0.0730. The number of amides is 1. The largest absolute Gasteiger partial charge is 0.437 e. The van der Waals surface area contributed by atoms with E-state index < -0.39 is 361 Å². The highest BCUT2D eigenvalue weighted by Crippen LogP contribution is 2.39. The van der Waals surface area contributed by atoms with Gasteiger partial charge >= 0.3 is 8.56 Å². The Labute approximate surface area is 706 Å². The predicted octanol–water partition coefficient (Wildman–Crippen LogP) is -15.5. The fourth-order valence-corrected chi connectivity index (χ4v) is 28.0. The van der Waals surface area contributed by atoms with Gasteiger partial charge in [0.05, 0.1) is 91.5 Å². The minimum atomic E-state index is -2.56. The van der Waals surface area contributed by atoms with Crippen molar-refractivity contribution in [3.8, 4) is 0 Å². The van der Waals surface area contributed by atoms with E-state index in [0.29, 0.717) is 12.5 Å². The Hall–Kier alpha value is -2.58. The third kappa shape index (κ3) is 25.2. The number of ether oxygens (including phenoxy) is 18. The Morgan fingerprint density at radius 3 is 1.22 bits per heavy atom. The van der Waals surface area contributed by atoms with Crippen molar-refractivity contribution in [2.75, 3.05) is 72.7 Å². The van der Waals surface area contributed by atoms with E-state index in [1.807, 2.05) is 0 Å². The van der Waals surface area contributed by atoms with Gasteiger partial charge in [-0.2, -0.15) is 0 Å². The molecule has 9 aliphatic heterocycles. The van der Waals surface area contributed by atoms with Crippen LogP contribution in [0.4, 0.5) is 0 Å². The van der Waals surface area contributed by atoms with Crippen LogP contribution >= 0.6 is 0 Å². The molecule has 0 aromatic carbocycles. The van der Waals surface area contributed by atoms with Crippen molar-refractivity contribution in [2.24, 2.45) is 0 Å². The van der Waals surface area contributed by atoms with E-state index >= 15 is 0 Å². The van der Waals surface area contributed by atoms with E-state index in [4.69, 9.17) is 93.5 Å². The number of nitrogens with zero attached hydrogens (tertiary/aromatic N) is 4. The maximum absolute atomic E-state index is 13.5. The van der Waals surface area contributed by atoms with Crippen molar-refractivity contribution in [3.05, 3.63) is 11.9 Å². The lowest BCUT2D eigenvalue weighted by Crippen LogP contribution is -2.68. The van der Waals surface area contributed by atoms with Crippen LogP contribution in [0.5, 0.6) is 0 Å². The zero-order valence-corrected chi connectivity index (χ0v) is 71.5. The van der Waals surface area contributed by atoms with Crippen LogP contribution in [-0.4, -0.2) is 521 Å². The zero-order chi connectivity index (χ0) is 90.5. The smallest absolute Gasteiger partial charge is 0.314 e. The van der Waals surface area contributed by atoms with E-state index in [1.165, 1.54) is 10.9 Å². The fraction of sp³-hybridized carbons (Fsp3) is 0.957. The molecule has 17 unspecified atom stereocenters. The summed E-state index contributed by atoms with van der Waals surface area (Å²) in [4.78, 5) is 14.4. The van der Waals surface area contributed by atoms with Gasteiger partial charge in [0.25, 0.3) is 0 Å². The van der Waals surface area contributed by atoms with Crippen LogP contribution in [0.2, 0.25) is 51.9 Å². The number of hydrogen-bond donors (Lipinski definition) is 26. The lowest BCUT2D eigenvalue weighted by molar-refractivity contribution is -0.396. The first-order valence-electron chi connectivity index (χ1n) is 40.3. The highest BCUT2D eigenvalue weighted by molar-refractivity contribution is 6.87. The molecule has 0 bridgehead atoms. The molecule has 1 aromatic heterocycles. The summed E-state index contributed by atoms with van der Waals surface area (Å²) in [5, 5.41) is 297. The summed E-state index contributed by atoms with van der Waals surface area (Å²) in [6, 6.07) is 0.665. The number of aromatic nitrogens is 3. The maximum Gasteiger partial charge on any atom is 0.314 e. The zero-order valence-electron chi connectivity index (χ0n) is 68.5. The van der Waals surface area contributed by atoms with Crippen LogP contribution in [0.1, 0.15) is 19.0 Å². The normalized spacial score (nSPS) is 44.7. The molecule has 9 aliphatic rings. The Balaban J connectivity index is 0.896. The van der Waals surface area contributed by atoms with Gasteiger partial charge in [-0.05, 0) is 58.3 Å². The molecule has 0 radical (unpaired) electrons. The van der Waals surface area contributed by atoms with Gasteiger partial charge in [-0.25, -0.2) is 4.68 Å². The minimum Gasteiger partial charge on any atom is -0.437 e. The summed E-state index contributed by atoms with van der Waals surface area (Å²) >= 11 is 0. The molecule has 123 heavy (non-hydrogen) atoms. The average molecular weight is 1850 g/mol. The number of carbonyl (C=O) groups is 1. The molecule has 0 spiro atoms. The van der Waals surface area contributed by atoms with Crippen LogP contribution in [0.15, 0.2) is 6.20 Å². The molecule has 0 aliphatic carbocycles. The standard InChI is InChI=1S/C69H124N4O47Si3/c1-25(77)73(13-26-12-72(71-70-26)14-27(78)18-101-10-9-11-123(8,119-121(2,3)4)120-122(5,6)7)61-49(94)46(91)56(33(17-76)108-61)114-66-54(99)47(92)58(36(112-66)24-107-69-60(39(84)30(81)21-104-69)118-64-52(97)44(89)41(86)32(16-75)110-64)116-67-55(100)48(93)57(115-65-53(98)45(90)42(87)34(111-65)22-105-62-50(95)37(82)28(79)19-102-62)35(113-67)23-106-68-59(38(83)29(80)20-103-68)117-63-51(96)43(88)40(85)31(15-74)109-63/h12,27-69,74-76,78-100H,9-11,13-24H2,1-8H3/t27?,28-,29-,30-,31?,32?,33+,34?,35+,36?,37-,38?,39-,40-,41-,42-,43-,44-,45-,46?,47+,48?,49?,50?,51?,52+,53?,54?,55?,56+,57+,58-,59?,60?,61-,62-,63-,64?,65-,66-,67+,68-,69-/m0/s1. The SMILES string of the molecule is CC(=O)N(Cc1cn(CC(O)COCCC[Si](C)(O[Si](C)(C)C)O[Si](C)(C)C)nn1)[C@H]1O[C@H](CO)[C@@H](O[C@@H]2OC(CO[C@@H]3OC[C@H](O)[C@H](O)C3OC3OC(CO)[C@H](O)[C@H](O)[C@H]3O)[C@H](O[C@H]3O[C@H](CO[C@@H]4OC[C@H](O)C(O)C4O[C@@H]4OC(CO)[C@H](O)[C@H](O)C4O)[C@@H](O[C@@H]4OC(CO[C@@H]5OC[C@H](O)[C@H](O)C5O)[C@H](O)[C@H](O)C4O)C(O)C3O)[C@H](O)C2O)C(O)C1O. The van der Waals surface area contributed by atoms with Crippen molar-refractivity contribution < 1.29 is 231 Å². The quantitative estimate of drug-likeness (QED) is 0.0217. The van der Waals surface area contributed by atoms with Gasteiger partial charge in [0, 0.05) is 13.5 Å². The molecule has 51 nitrogen and oxygen atoms in total. The molecule has 9 fully saturated rings. The van der Waals surface area contributed by atoms with E-state index in [0.717, 1.165) is 11.8 Å². The monoisotopic (exact) mass is 1840 g/mol. The van der Waals surface area contributed by atoms with E-state index in [2.05, 4.69) is 56.1 Å². The molecular formula is C69H124N4O47Si3. The van der Waals surface area contributed by atoms with Crippen LogP contribution < -0.4 is 0 Å². The molecule has 9 saturated heterocycles. The van der Waals surface area contributed by atoms with Crippen molar-refractivity contribution in [2.45, 2.75) is 342 Å². The molecule has 10 rings (SSSR count). The molecule has 10 heterocycles. The van der Waals surface area contributed by atoms with Gasteiger partial charge in [0.2, 0.25) is 5.91 Å². The molecule has 43 atom stereocenters. The van der Waals surface area contributed by atoms with Gasteiger partial charge in [-0.15, -0.1) is 5.10 Å². The van der Waals surface area contributed by atoms with Crippen molar-refractivity contribution >= 4 is 31.1 Å². The number of aliphatic hydroxyl groups excluding tert-OH is 26. The number of rotatable bonds is 37. The summed E-state index contributed by atoms with van der Waals surface area (Å²) in [6.45, 7) is 7.15. The highest BCUT2D eigenvalue weighted by atomic mass is 28.5. The summed E-state index contributed by atoms with van der Waals surface area (Å²) < 4.78 is 120. The topological polar surface area (TPSA) is 762 Å². The number of aliphatic hydroxyl groups is 26. The van der Waals surface area contributed by atoms with Gasteiger partial charge in [0.15, 0.2) is 73.2 Å². The average Bonchev–Trinajstić information content (AvgIpc) is 1.14. The molecular weight excluding hydrogens is 1720 g/mol. The summed E-state index contributed by atoms with van der Waals surface area (Å²) in [5.74, 6) is -0.788. The van der Waals surface area contributed by atoms with Crippen LogP contribution in [-0.2, 0) is 111 Å². The Bertz CT molecular complexity index is 3340. The Morgan fingerprint density at radius 2 is 0.789 bits per heavy atom. The van der Waals surface area contributed by atoms with E-state index in [-0.39, 0.29) is 25.5 Å². The third-order valence-corrected chi connectivity index (χ3v) is 31.4. The summed E-state index contributed by atoms with van der Waals surface area (Å²) in [7, 11) is -6.48. The number of hydrogen-bond acceptors (Lipinski definition) is 49. The predicted molar refractivity (Wildman–Crippen MR) is 400 cm³/mol. The lowest BCUT2D eigenvalue weighted by atomic mass is 9.95. The van der Waals surface area contributed by atoms with Crippen LogP contribution in [0, 0.1) is 0 Å². The Morgan fingerprint density at radius 1 is 0.431 bits per heavy atom. The number of carbonyl (C=O) groups excluding carboxylic acids is 1. The van der Waals surface area contributed by atoms with Gasteiger partial charge in [-0.3, -0.25) is 4.79 Å². The molecule has 714 valence electrons. The first-order chi connectivity index (χ1) is 57.8. The lowest BCUT2D eigenvalue weighted by Gasteiger charge is -2.50. The molecule has 1 amide bonds. The van der Waals surface area contributed by atoms with Crippen LogP contribution in [0.25, 0.3) is 0 Å². The summed E-state index contributed by atoms with van der Waals surface area (Å²) in [5.41, 5.74) is 0.0730. The third-order valence-electron chi connectivity index (χ3n) is 21.8. The molecule has 54 heteroatoms. The Kier molecular flexibility index (Phi) is 36.9. The molecule has 26 N–H and O–H groups in total. The van der Waals surface area contributed by atoms with E-state index in [9.17, 15) is 138 Å². The fourth-order valence-electron chi connectivity index (χ4n) is 15.5. The van der Waals surface area contributed by atoms with Crippen LogP contribution in [0.3, 0.4) is 0 Å². The van der Waals surface area contributed by atoms with E-state index in [1.54, 1.807) is 0 Å². The molecule has 1 aromatic rings. The highest BCUT2D eigenvalue weighted by Gasteiger charge is 2.59. The van der Waals surface area contributed by atoms with Crippen molar-refractivity contribution in [3.63, 3.8) is 0 Å². The first kappa shape index (κ1) is 103.